The average Bonchev–Trinajstić information content (AvgIpc) is 2.84. The van der Waals surface area contributed by atoms with Gasteiger partial charge >= 0.3 is 0 Å². The normalized spacial score (nSPS) is 10.8. The van der Waals surface area contributed by atoms with Crippen LogP contribution in [0.2, 0.25) is 0 Å². The van der Waals surface area contributed by atoms with Crippen LogP contribution in [0.3, 0.4) is 0 Å². The SMILES string of the molecule is COCCCC(C)CCOC.COCc1ccc(C(C)=O)cc1.COc1ccc(OC)c(C)c1. The molecule has 2 rings (SSSR count). The molecule has 0 saturated heterocycles. The monoisotopic (exact) mass is 476 g/mol. The van der Waals surface area contributed by atoms with Gasteiger partial charge in [-0.25, -0.2) is 0 Å². The summed E-state index contributed by atoms with van der Waals surface area (Å²) < 4.78 is 25.0. The van der Waals surface area contributed by atoms with Gasteiger partial charge in [0.25, 0.3) is 0 Å². The number of hydrogen-bond acceptors (Lipinski definition) is 6. The molecule has 0 aromatic heterocycles. The smallest absolute Gasteiger partial charge is 0.159 e. The maximum atomic E-state index is 10.9. The van der Waals surface area contributed by atoms with Gasteiger partial charge in [0.1, 0.15) is 11.5 Å². The molecule has 0 aliphatic rings. The molecule has 1 atom stereocenters. The maximum Gasteiger partial charge on any atom is 0.159 e. The molecule has 0 heterocycles. The first-order valence-electron chi connectivity index (χ1n) is 11.6. The Morgan fingerprint density at radius 2 is 1.47 bits per heavy atom. The number of ketones is 1. The Hall–Kier alpha value is -2.41. The summed E-state index contributed by atoms with van der Waals surface area (Å²) in [6, 6.07) is 13.2. The van der Waals surface area contributed by atoms with Gasteiger partial charge in [-0.1, -0.05) is 31.2 Å². The topological polar surface area (TPSA) is 63.2 Å². The van der Waals surface area contributed by atoms with Crippen molar-refractivity contribution in [2.24, 2.45) is 5.92 Å². The predicted molar refractivity (Wildman–Crippen MR) is 138 cm³/mol. The Bertz CT molecular complexity index is 773. The van der Waals surface area contributed by atoms with Crippen LogP contribution in [0.15, 0.2) is 42.5 Å². The van der Waals surface area contributed by atoms with Gasteiger partial charge in [-0.2, -0.15) is 0 Å². The van der Waals surface area contributed by atoms with Crippen molar-refractivity contribution in [1.29, 1.82) is 0 Å². The lowest BCUT2D eigenvalue weighted by Gasteiger charge is -2.09. The molecule has 0 amide bonds. The fourth-order valence-corrected chi connectivity index (χ4v) is 3.02. The number of ether oxygens (including phenoxy) is 5. The molecule has 0 aliphatic carbocycles. The third-order valence-corrected chi connectivity index (χ3v) is 5.13. The second-order valence-corrected chi connectivity index (χ2v) is 8.04. The summed E-state index contributed by atoms with van der Waals surface area (Å²) in [4.78, 5) is 10.9. The minimum atomic E-state index is 0.0963. The summed E-state index contributed by atoms with van der Waals surface area (Å²) >= 11 is 0. The maximum absolute atomic E-state index is 10.9. The molecule has 192 valence electrons. The van der Waals surface area contributed by atoms with Crippen molar-refractivity contribution in [2.75, 3.05) is 48.8 Å². The molecule has 0 fully saturated rings. The van der Waals surface area contributed by atoms with Gasteiger partial charge in [-0.3, -0.25) is 4.79 Å². The predicted octanol–water partition coefficient (Wildman–Crippen LogP) is 6.13. The highest BCUT2D eigenvalue weighted by atomic mass is 16.5. The molecular formula is C28H44O6. The molecule has 0 saturated carbocycles. The first kappa shape index (κ1) is 31.6. The van der Waals surface area contributed by atoms with Gasteiger partial charge in [0.2, 0.25) is 0 Å². The van der Waals surface area contributed by atoms with Crippen LogP contribution in [-0.2, 0) is 20.8 Å². The van der Waals surface area contributed by atoms with Crippen LogP contribution >= 0.6 is 0 Å². The lowest BCUT2D eigenvalue weighted by atomic mass is 10.0. The molecule has 0 aliphatic heterocycles. The zero-order chi connectivity index (χ0) is 25.8. The van der Waals surface area contributed by atoms with Gasteiger partial charge in [0.05, 0.1) is 20.8 Å². The van der Waals surface area contributed by atoms with Crippen LogP contribution in [-0.4, -0.2) is 54.5 Å². The van der Waals surface area contributed by atoms with Crippen molar-refractivity contribution < 1.29 is 28.5 Å². The molecule has 6 heteroatoms. The average molecular weight is 477 g/mol. The van der Waals surface area contributed by atoms with Gasteiger partial charge in [0, 0.05) is 40.1 Å². The van der Waals surface area contributed by atoms with Crippen LogP contribution in [0, 0.1) is 12.8 Å². The number of aryl methyl sites for hydroxylation is 1. The number of hydrogen-bond donors (Lipinski definition) is 0. The first-order valence-corrected chi connectivity index (χ1v) is 11.6. The Kier molecular flexibility index (Phi) is 18.6. The molecule has 0 spiro atoms. The van der Waals surface area contributed by atoms with Crippen LogP contribution < -0.4 is 9.47 Å². The minimum absolute atomic E-state index is 0.0963. The summed E-state index contributed by atoms with van der Waals surface area (Å²) in [6.07, 6.45) is 3.58. The zero-order valence-corrected chi connectivity index (χ0v) is 22.3. The van der Waals surface area contributed by atoms with Crippen molar-refractivity contribution in [1.82, 2.24) is 0 Å². The molecule has 0 N–H and O–H groups in total. The highest BCUT2D eigenvalue weighted by molar-refractivity contribution is 5.93. The summed E-state index contributed by atoms with van der Waals surface area (Å²) in [7, 11) is 8.47. The second kappa shape index (κ2) is 20.0. The van der Waals surface area contributed by atoms with Crippen molar-refractivity contribution in [3.05, 3.63) is 59.2 Å². The van der Waals surface area contributed by atoms with Crippen LogP contribution in [0.25, 0.3) is 0 Å². The van der Waals surface area contributed by atoms with E-state index in [9.17, 15) is 4.79 Å². The van der Waals surface area contributed by atoms with Gasteiger partial charge in [-0.05, 0) is 68.4 Å². The number of Topliss-reactive ketones (excluding diaryl/α,β-unsaturated/α-hetero) is 1. The van der Waals surface area contributed by atoms with Crippen LogP contribution in [0.1, 0.15) is 54.6 Å². The molecule has 2 aromatic carbocycles. The van der Waals surface area contributed by atoms with E-state index < -0.39 is 0 Å². The molecule has 6 nitrogen and oxygen atoms in total. The fourth-order valence-electron chi connectivity index (χ4n) is 3.02. The molecular weight excluding hydrogens is 432 g/mol. The number of benzene rings is 2. The van der Waals surface area contributed by atoms with E-state index >= 15 is 0 Å². The molecule has 34 heavy (non-hydrogen) atoms. The van der Waals surface area contributed by atoms with E-state index in [2.05, 4.69) is 6.92 Å². The van der Waals surface area contributed by atoms with Crippen LogP contribution in [0.4, 0.5) is 0 Å². The Morgan fingerprint density at radius 3 is 1.94 bits per heavy atom. The van der Waals surface area contributed by atoms with Crippen molar-refractivity contribution in [2.45, 2.75) is 46.6 Å². The molecule has 0 radical (unpaired) electrons. The van der Waals surface area contributed by atoms with E-state index in [0.717, 1.165) is 47.3 Å². The third kappa shape index (κ3) is 14.7. The number of rotatable bonds is 12. The van der Waals surface area contributed by atoms with E-state index in [4.69, 9.17) is 23.7 Å². The molecule has 0 bridgehead atoms. The van der Waals surface area contributed by atoms with Crippen LogP contribution in [0.5, 0.6) is 11.5 Å². The standard InChI is InChI=1S/C10H12O2.C9H12O2.C9H20O2/c1-8(11)10-5-3-9(4-6-10)7-12-2;1-7-6-8(10-2)4-5-9(7)11-3;1-9(6-8-11-3)5-4-7-10-2/h3-6H,7H2,1-2H3;4-6H,1-3H3;9H,4-8H2,1-3H3. The Balaban J connectivity index is 0.000000481. The number of carbonyl (C=O) groups is 1. The lowest BCUT2D eigenvalue weighted by Crippen LogP contribution is -2.01. The number of carbonyl (C=O) groups excluding carboxylic acids is 1. The van der Waals surface area contributed by atoms with E-state index in [-0.39, 0.29) is 5.78 Å². The second-order valence-electron chi connectivity index (χ2n) is 8.04. The van der Waals surface area contributed by atoms with Gasteiger partial charge in [-0.15, -0.1) is 0 Å². The highest BCUT2D eigenvalue weighted by Crippen LogP contribution is 2.22. The minimum Gasteiger partial charge on any atom is -0.497 e. The molecule has 1 unspecified atom stereocenters. The Morgan fingerprint density at radius 1 is 0.824 bits per heavy atom. The summed E-state index contributed by atoms with van der Waals surface area (Å²) in [5.74, 6) is 2.62. The van der Waals surface area contributed by atoms with E-state index in [0.29, 0.717) is 6.61 Å². The number of methoxy groups -OCH3 is 5. The van der Waals surface area contributed by atoms with E-state index in [1.807, 2.05) is 49.4 Å². The zero-order valence-electron chi connectivity index (χ0n) is 22.3. The summed E-state index contributed by atoms with van der Waals surface area (Å²) in [5.41, 5.74) is 2.92. The first-order chi connectivity index (χ1) is 16.3. The molecule has 2 aromatic rings. The quantitative estimate of drug-likeness (QED) is 0.271. The van der Waals surface area contributed by atoms with Crippen molar-refractivity contribution >= 4 is 5.78 Å². The van der Waals surface area contributed by atoms with Crippen molar-refractivity contribution in [3.63, 3.8) is 0 Å². The van der Waals surface area contributed by atoms with Crippen molar-refractivity contribution in [3.8, 4) is 11.5 Å². The highest BCUT2D eigenvalue weighted by Gasteiger charge is 2.00. The van der Waals surface area contributed by atoms with Gasteiger partial charge < -0.3 is 23.7 Å². The Labute approximate surface area is 206 Å². The van der Waals surface area contributed by atoms with E-state index in [1.165, 1.54) is 19.3 Å². The third-order valence-electron chi connectivity index (χ3n) is 5.13. The van der Waals surface area contributed by atoms with E-state index in [1.54, 1.807) is 42.5 Å². The summed E-state index contributed by atoms with van der Waals surface area (Å²) in [5, 5.41) is 0. The van der Waals surface area contributed by atoms with Gasteiger partial charge in [0.15, 0.2) is 5.78 Å². The fraction of sp³-hybridized carbons (Fsp3) is 0.536. The lowest BCUT2D eigenvalue weighted by molar-refractivity contribution is 0.101. The largest absolute Gasteiger partial charge is 0.497 e. The summed E-state index contributed by atoms with van der Waals surface area (Å²) in [6.45, 7) is 8.17.